The van der Waals surface area contributed by atoms with Gasteiger partial charge in [-0.05, 0) is 49.2 Å². The lowest BCUT2D eigenvalue weighted by Gasteiger charge is -2.08. The lowest BCUT2D eigenvalue weighted by atomic mass is 10.1. The number of aryl methyl sites for hydroxylation is 2. The maximum atomic E-state index is 12.2. The van der Waals surface area contributed by atoms with Crippen LogP contribution in [0.2, 0.25) is 0 Å². The Morgan fingerprint density at radius 3 is 2.70 bits per heavy atom. The molecule has 0 bridgehead atoms. The molecule has 23 heavy (non-hydrogen) atoms. The summed E-state index contributed by atoms with van der Waals surface area (Å²) in [7, 11) is 0. The zero-order chi connectivity index (χ0) is 16.4. The van der Waals surface area contributed by atoms with Gasteiger partial charge in [0, 0.05) is 0 Å². The van der Waals surface area contributed by atoms with Gasteiger partial charge in [-0.15, -0.1) is 5.10 Å². The van der Waals surface area contributed by atoms with Gasteiger partial charge in [-0.1, -0.05) is 23.4 Å². The van der Waals surface area contributed by atoms with Crippen LogP contribution in [0.3, 0.4) is 0 Å². The summed E-state index contributed by atoms with van der Waals surface area (Å²) in [5.74, 6) is -0.505. The molecular formula is C17H15N3O3. The Morgan fingerprint density at radius 1 is 1.13 bits per heavy atom. The maximum Gasteiger partial charge on any atom is 0.339 e. The highest BCUT2D eigenvalue weighted by Crippen LogP contribution is 2.11. The van der Waals surface area contributed by atoms with Crippen LogP contribution in [0.1, 0.15) is 21.5 Å². The minimum absolute atomic E-state index is 0.275. The molecule has 3 aromatic rings. The summed E-state index contributed by atoms with van der Waals surface area (Å²) >= 11 is 0. The zero-order valence-electron chi connectivity index (χ0n) is 12.8. The lowest BCUT2D eigenvalue weighted by Crippen LogP contribution is -2.26. The van der Waals surface area contributed by atoms with Crippen LogP contribution in [0.15, 0.2) is 47.3 Å². The molecule has 0 aliphatic heterocycles. The van der Waals surface area contributed by atoms with E-state index >= 15 is 0 Å². The predicted octanol–water partition coefficient (Wildman–Crippen LogP) is 2.22. The molecule has 0 atom stereocenters. The number of carbonyl (C=O) groups is 1. The summed E-state index contributed by atoms with van der Waals surface area (Å²) in [5.41, 5.74) is 2.70. The molecule has 3 rings (SSSR count). The third kappa shape index (κ3) is 2.96. The number of esters is 1. The minimum atomic E-state index is -0.505. The Labute approximate surface area is 132 Å². The number of ether oxygens (including phenoxy) is 1. The van der Waals surface area contributed by atoms with Gasteiger partial charge in [0.05, 0.1) is 10.9 Å². The standard InChI is InChI=1S/C17H15N3O3/c1-11-7-8-13(9-12(11)2)17(22)23-10-20-16(21)14-5-3-4-6-15(14)18-19-20/h3-9H,10H2,1-2H3. The Bertz CT molecular complexity index is 947. The molecule has 0 aliphatic rings. The summed E-state index contributed by atoms with van der Waals surface area (Å²) in [5, 5.41) is 8.16. The fourth-order valence-electron chi connectivity index (χ4n) is 2.18. The summed E-state index contributed by atoms with van der Waals surface area (Å²) in [6, 6.07) is 12.2. The fraction of sp³-hybridized carbons (Fsp3) is 0.176. The van der Waals surface area contributed by atoms with Gasteiger partial charge in [-0.2, -0.15) is 4.68 Å². The molecule has 116 valence electrons. The van der Waals surface area contributed by atoms with Crippen molar-refractivity contribution in [3.05, 3.63) is 69.5 Å². The van der Waals surface area contributed by atoms with E-state index in [1.807, 2.05) is 19.9 Å². The first kappa shape index (κ1) is 14.9. The second-order valence-electron chi connectivity index (χ2n) is 5.27. The molecule has 0 aliphatic carbocycles. The van der Waals surface area contributed by atoms with Crippen molar-refractivity contribution in [1.82, 2.24) is 15.0 Å². The molecule has 6 heteroatoms. The van der Waals surface area contributed by atoms with E-state index in [4.69, 9.17) is 4.74 Å². The van der Waals surface area contributed by atoms with Gasteiger partial charge in [0.1, 0.15) is 5.52 Å². The number of nitrogens with zero attached hydrogens (tertiary/aromatic N) is 3. The Hall–Kier alpha value is -3.02. The number of carbonyl (C=O) groups excluding carboxylic acids is 1. The van der Waals surface area contributed by atoms with Gasteiger partial charge >= 0.3 is 5.97 Å². The molecule has 0 amide bonds. The van der Waals surface area contributed by atoms with Crippen LogP contribution in [-0.2, 0) is 11.5 Å². The molecule has 0 radical (unpaired) electrons. The van der Waals surface area contributed by atoms with Crippen LogP contribution in [0.4, 0.5) is 0 Å². The van der Waals surface area contributed by atoms with E-state index < -0.39 is 5.97 Å². The monoisotopic (exact) mass is 309 g/mol. The molecule has 0 unspecified atom stereocenters. The summed E-state index contributed by atoms with van der Waals surface area (Å²) in [6.07, 6.45) is 0. The van der Waals surface area contributed by atoms with E-state index in [1.54, 1.807) is 36.4 Å². The molecule has 0 fully saturated rings. The second-order valence-corrected chi connectivity index (χ2v) is 5.27. The van der Waals surface area contributed by atoms with Crippen molar-refractivity contribution < 1.29 is 9.53 Å². The smallest absolute Gasteiger partial charge is 0.339 e. The van der Waals surface area contributed by atoms with Crippen LogP contribution < -0.4 is 5.56 Å². The number of benzene rings is 2. The third-order valence-electron chi connectivity index (χ3n) is 3.69. The minimum Gasteiger partial charge on any atom is -0.439 e. The van der Waals surface area contributed by atoms with Gasteiger partial charge in [0.2, 0.25) is 0 Å². The molecular weight excluding hydrogens is 294 g/mol. The maximum absolute atomic E-state index is 12.2. The van der Waals surface area contributed by atoms with Crippen molar-refractivity contribution in [2.75, 3.05) is 0 Å². The average Bonchev–Trinajstić information content (AvgIpc) is 2.57. The van der Waals surface area contributed by atoms with Crippen LogP contribution in [0.5, 0.6) is 0 Å². The Balaban J connectivity index is 1.80. The summed E-state index contributed by atoms with van der Waals surface area (Å²) < 4.78 is 6.19. The van der Waals surface area contributed by atoms with E-state index in [-0.39, 0.29) is 12.3 Å². The highest BCUT2D eigenvalue weighted by molar-refractivity contribution is 5.89. The Morgan fingerprint density at radius 2 is 1.91 bits per heavy atom. The van der Waals surface area contributed by atoms with Crippen molar-refractivity contribution in [2.24, 2.45) is 0 Å². The van der Waals surface area contributed by atoms with Gasteiger partial charge in [-0.25, -0.2) is 4.79 Å². The lowest BCUT2D eigenvalue weighted by molar-refractivity contribution is 0.0336. The van der Waals surface area contributed by atoms with Gasteiger partial charge in [0.15, 0.2) is 6.73 Å². The second kappa shape index (κ2) is 6.00. The van der Waals surface area contributed by atoms with E-state index in [2.05, 4.69) is 10.3 Å². The van der Waals surface area contributed by atoms with Crippen LogP contribution in [-0.4, -0.2) is 21.0 Å². The average molecular weight is 309 g/mol. The van der Waals surface area contributed by atoms with Crippen LogP contribution >= 0.6 is 0 Å². The normalized spacial score (nSPS) is 10.7. The number of hydrogen-bond donors (Lipinski definition) is 0. The summed E-state index contributed by atoms with van der Waals surface area (Å²) in [6.45, 7) is 3.61. The van der Waals surface area contributed by atoms with Gasteiger partial charge < -0.3 is 4.74 Å². The predicted molar refractivity (Wildman–Crippen MR) is 85.1 cm³/mol. The summed E-state index contributed by atoms with van der Waals surface area (Å²) in [4.78, 5) is 24.3. The van der Waals surface area contributed by atoms with E-state index in [9.17, 15) is 9.59 Å². The molecule has 6 nitrogen and oxygen atoms in total. The van der Waals surface area contributed by atoms with Crippen LogP contribution in [0.25, 0.3) is 10.9 Å². The molecule has 0 N–H and O–H groups in total. The first-order valence-electron chi connectivity index (χ1n) is 7.13. The molecule has 1 aromatic heterocycles. The highest BCUT2D eigenvalue weighted by atomic mass is 16.5. The van der Waals surface area contributed by atoms with E-state index in [0.717, 1.165) is 15.8 Å². The van der Waals surface area contributed by atoms with Crippen LogP contribution in [0, 0.1) is 13.8 Å². The molecule has 2 aromatic carbocycles. The van der Waals surface area contributed by atoms with Gasteiger partial charge in [0.25, 0.3) is 5.56 Å². The topological polar surface area (TPSA) is 74.1 Å². The first-order chi connectivity index (χ1) is 11.1. The zero-order valence-corrected chi connectivity index (χ0v) is 12.8. The first-order valence-corrected chi connectivity index (χ1v) is 7.13. The quantitative estimate of drug-likeness (QED) is 0.694. The van der Waals surface area contributed by atoms with Gasteiger partial charge in [-0.3, -0.25) is 4.79 Å². The highest BCUT2D eigenvalue weighted by Gasteiger charge is 2.10. The SMILES string of the molecule is Cc1ccc(C(=O)OCn2nnc3ccccc3c2=O)cc1C. The van der Waals surface area contributed by atoms with E-state index in [1.165, 1.54) is 0 Å². The number of fused-ring (bicyclic) bond motifs is 1. The fourth-order valence-corrected chi connectivity index (χ4v) is 2.18. The molecule has 0 spiro atoms. The molecule has 1 heterocycles. The van der Waals surface area contributed by atoms with Crippen molar-refractivity contribution in [3.8, 4) is 0 Å². The van der Waals surface area contributed by atoms with Crippen molar-refractivity contribution in [1.29, 1.82) is 0 Å². The number of rotatable bonds is 3. The molecule has 0 saturated carbocycles. The Kier molecular flexibility index (Phi) is 3.89. The third-order valence-corrected chi connectivity index (χ3v) is 3.69. The number of hydrogen-bond acceptors (Lipinski definition) is 5. The largest absolute Gasteiger partial charge is 0.439 e. The van der Waals surface area contributed by atoms with Crippen molar-refractivity contribution >= 4 is 16.9 Å². The van der Waals surface area contributed by atoms with Crippen molar-refractivity contribution in [3.63, 3.8) is 0 Å². The van der Waals surface area contributed by atoms with Crippen molar-refractivity contribution in [2.45, 2.75) is 20.6 Å². The van der Waals surface area contributed by atoms with E-state index in [0.29, 0.717) is 16.5 Å². The number of aromatic nitrogens is 3. The molecule has 0 saturated heterocycles.